The van der Waals surface area contributed by atoms with Gasteiger partial charge in [0.2, 0.25) is 0 Å². The van der Waals surface area contributed by atoms with E-state index in [1.807, 2.05) is 14.0 Å². The lowest BCUT2D eigenvalue weighted by Gasteiger charge is -2.06. The Morgan fingerprint density at radius 2 is 2.23 bits per heavy atom. The van der Waals surface area contributed by atoms with E-state index in [9.17, 15) is 0 Å². The highest BCUT2D eigenvalue weighted by Gasteiger charge is 2.16. The lowest BCUT2D eigenvalue weighted by atomic mass is 10.2. The Hall–Kier alpha value is -1.00. The molecule has 0 aliphatic carbocycles. The first kappa shape index (κ1) is 8.59. The zero-order chi connectivity index (χ0) is 9.26. The van der Waals surface area contributed by atoms with Gasteiger partial charge in [-0.05, 0) is 14.0 Å². The number of aryl methyl sites for hydroxylation is 1. The molecule has 0 saturated heterocycles. The fraction of sp³-hybridized carbons (Fsp3) is 0.556. The van der Waals surface area contributed by atoms with Crippen LogP contribution in [0.25, 0.3) is 0 Å². The van der Waals surface area contributed by atoms with E-state index in [-0.39, 0.29) is 0 Å². The van der Waals surface area contributed by atoms with Crippen molar-refractivity contribution in [3.8, 4) is 0 Å². The monoisotopic (exact) mass is 178 g/mol. The summed E-state index contributed by atoms with van der Waals surface area (Å²) < 4.78 is 0. The lowest BCUT2D eigenvalue weighted by molar-refractivity contribution is 0.743. The van der Waals surface area contributed by atoms with Crippen LogP contribution in [0.2, 0.25) is 0 Å². The maximum Gasteiger partial charge on any atom is 0.125 e. The van der Waals surface area contributed by atoms with Gasteiger partial charge in [0.1, 0.15) is 5.82 Å². The SMILES string of the molecule is CNCc1nc(C)nc2c1CNC2. The van der Waals surface area contributed by atoms with Crippen molar-refractivity contribution in [2.24, 2.45) is 0 Å². The van der Waals surface area contributed by atoms with Gasteiger partial charge in [-0.15, -0.1) is 0 Å². The Labute approximate surface area is 77.8 Å². The number of nitrogens with one attached hydrogen (secondary N) is 2. The molecule has 0 spiro atoms. The van der Waals surface area contributed by atoms with Crippen molar-refractivity contribution >= 4 is 0 Å². The Morgan fingerprint density at radius 3 is 3.00 bits per heavy atom. The fourth-order valence-electron chi connectivity index (χ4n) is 1.69. The molecular formula is C9H14N4. The van der Waals surface area contributed by atoms with Gasteiger partial charge < -0.3 is 10.6 Å². The van der Waals surface area contributed by atoms with Crippen molar-refractivity contribution in [2.75, 3.05) is 7.05 Å². The molecule has 2 rings (SSSR count). The predicted octanol–water partition coefficient (Wildman–Crippen LogP) is 0.108. The molecule has 4 nitrogen and oxygen atoms in total. The second kappa shape index (κ2) is 3.40. The highest BCUT2D eigenvalue weighted by molar-refractivity contribution is 5.29. The van der Waals surface area contributed by atoms with Crippen LogP contribution in [-0.2, 0) is 19.6 Å². The molecule has 0 atom stereocenters. The zero-order valence-corrected chi connectivity index (χ0v) is 8.02. The van der Waals surface area contributed by atoms with E-state index >= 15 is 0 Å². The first-order chi connectivity index (χ1) is 6.31. The minimum Gasteiger partial charge on any atom is -0.314 e. The van der Waals surface area contributed by atoms with Gasteiger partial charge in [-0.3, -0.25) is 0 Å². The maximum absolute atomic E-state index is 4.42. The third-order valence-electron chi connectivity index (χ3n) is 2.23. The van der Waals surface area contributed by atoms with Crippen LogP contribution in [0.5, 0.6) is 0 Å². The summed E-state index contributed by atoms with van der Waals surface area (Å²) in [6.45, 7) is 4.56. The number of hydrogen-bond acceptors (Lipinski definition) is 4. The van der Waals surface area contributed by atoms with Crippen LogP contribution < -0.4 is 10.6 Å². The second-order valence-electron chi connectivity index (χ2n) is 3.28. The standard InChI is InChI=1S/C9H14N4/c1-6-12-8(4-10-2)7-3-11-5-9(7)13-6/h10-11H,3-5H2,1-2H3. The number of hydrogen-bond donors (Lipinski definition) is 2. The van der Waals surface area contributed by atoms with E-state index < -0.39 is 0 Å². The first-order valence-corrected chi connectivity index (χ1v) is 4.52. The molecule has 1 aromatic heterocycles. The van der Waals surface area contributed by atoms with Crippen molar-refractivity contribution in [1.82, 2.24) is 20.6 Å². The predicted molar refractivity (Wildman–Crippen MR) is 50.1 cm³/mol. The molecule has 0 saturated carbocycles. The van der Waals surface area contributed by atoms with E-state index in [0.717, 1.165) is 36.8 Å². The molecule has 1 aliphatic heterocycles. The van der Waals surface area contributed by atoms with Gasteiger partial charge in [0.15, 0.2) is 0 Å². The van der Waals surface area contributed by atoms with Crippen LogP contribution in [0.3, 0.4) is 0 Å². The van der Waals surface area contributed by atoms with E-state index in [4.69, 9.17) is 0 Å². The van der Waals surface area contributed by atoms with Crippen molar-refractivity contribution in [2.45, 2.75) is 26.6 Å². The Balaban J connectivity index is 2.43. The summed E-state index contributed by atoms with van der Waals surface area (Å²) in [4.78, 5) is 8.82. The van der Waals surface area contributed by atoms with E-state index in [2.05, 4.69) is 20.6 Å². The summed E-state index contributed by atoms with van der Waals surface area (Å²) in [6.07, 6.45) is 0. The molecule has 0 fully saturated rings. The molecule has 2 N–H and O–H groups in total. The molecule has 0 radical (unpaired) electrons. The first-order valence-electron chi connectivity index (χ1n) is 4.52. The van der Waals surface area contributed by atoms with E-state index in [1.54, 1.807) is 0 Å². The largest absolute Gasteiger partial charge is 0.314 e. The van der Waals surface area contributed by atoms with Gasteiger partial charge in [-0.2, -0.15) is 0 Å². The molecule has 13 heavy (non-hydrogen) atoms. The van der Waals surface area contributed by atoms with Crippen molar-refractivity contribution in [3.05, 3.63) is 22.8 Å². The zero-order valence-electron chi connectivity index (χ0n) is 8.02. The number of nitrogens with zero attached hydrogens (tertiary/aromatic N) is 2. The van der Waals surface area contributed by atoms with Crippen LogP contribution >= 0.6 is 0 Å². The molecule has 4 heteroatoms. The average molecular weight is 178 g/mol. The van der Waals surface area contributed by atoms with Gasteiger partial charge in [0.25, 0.3) is 0 Å². The van der Waals surface area contributed by atoms with E-state index in [1.165, 1.54) is 5.56 Å². The molecule has 0 bridgehead atoms. The quantitative estimate of drug-likeness (QED) is 0.674. The third-order valence-corrected chi connectivity index (χ3v) is 2.23. The van der Waals surface area contributed by atoms with Gasteiger partial charge in [0.05, 0.1) is 11.4 Å². The second-order valence-corrected chi connectivity index (χ2v) is 3.28. The molecule has 0 unspecified atom stereocenters. The summed E-state index contributed by atoms with van der Waals surface area (Å²) in [5.41, 5.74) is 3.58. The average Bonchev–Trinajstić information content (AvgIpc) is 2.52. The lowest BCUT2D eigenvalue weighted by Crippen LogP contribution is -2.12. The molecular weight excluding hydrogens is 164 g/mol. The van der Waals surface area contributed by atoms with Crippen LogP contribution in [0.4, 0.5) is 0 Å². The Morgan fingerprint density at radius 1 is 1.38 bits per heavy atom. The van der Waals surface area contributed by atoms with Gasteiger partial charge >= 0.3 is 0 Å². The summed E-state index contributed by atoms with van der Waals surface area (Å²) >= 11 is 0. The van der Waals surface area contributed by atoms with Crippen molar-refractivity contribution < 1.29 is 0 Å². The minimum absolute atomic E-state index is 0.827. The van der Waals surface area contributed by atoms with Crippen molar-refractivity contribution in [1.29, 1.82) is 0 Å². The number of rotatable bonds is 2. The molecule has 0 aromatic carbocycles. The topological polar surface area (TPSA) is 49.8 Å². The summed E-state index contributed by atoms with van der Waals surface area (Å²) in [7, 11) is 1.94. The molecule has 70 valence electrons. The molecule has 0 amide bonds. The number of fused-ring (bicyclic) bond motifs is 1. The summed E-state index contributed by atoms with van der Waals surface area (Å²) in [5, 5.41) is 6.41. The van der Waals surface area contributed by atoms with Gasteiger partial charge in [-0.1, -0.05) is 0 Å². The third kappa shape index (κ3) is 1.55. The van der Waals surface area contributed by atoms with Gasteiger partial charge in [0, 0.05) is 25.2 Å². The highest BCUT2D eigenvalue weighted by Crippen LogP contribution is 2.16. The minimum atomic E-state index is 0.827. The smallest absolute Gasteiger partial charge is 0.125 e. The number of aromatic nitrogens is 2. The highest BCUT2D eigenvalue weighted by atomic mass is 15.0. The molecule has 1 aliphatic rings. The van der Waals surface area contributed by atoms with E-state index in [0.29, 0.717) is 0 Å². The van der Waals surface area contributed by atoms with Gasteiger partial charge in [-0.25, -0.2) is 9.97 Å². The summed E-state index contributed by atoms with van der Waals surface area (Å²) in [6, 6.07) is 0. The van der Waals surface area contributed by atoms with Crippen molar-refractivity contribution in [3.63, 3.8) is 0 Å². The Kier molecular flexibility index (Phi) is 2.24. The van der Waals surface area contributed by atoms with Crippen LogP contribution in [0.1, 0.15) is 22.8 Å². The Bertz CT molecular complexity index is 322. The fourth-order valence-corrected chi connectivity index (χ4v) is 1.69. The van der Waals surface area contributed by atoms with Crippen LogP contribution in [-0.4, -0.2) is 17.0 Å². The normalized spacial score (nSPS) is 14.6. The van der Waals surface area contributed by atoms with Crippen LogP contribution in [0, 0.1) is 6.92 Å². The molecule has 1 aromatic rings. The van der Waals surface area contributed by atoms with Crippen LogP contribution in [0.15, 0.2) is 0 Å². The summed E-state index contributed by atoms with van der Waals surface area (Å²) in [5.74, 6) is 0.868. The molecule has 2 heterocycles. The maximum atomic E-state index is 4.42.